The summed E-state index contributed by atoms with van der Waals surface area (Å²) in [5.41, 5.74) is 11.6. The van der Waals surface area contributed by atoms with Crippen LogP contribution in [0.1, 0.15) is 20.8 Å². The molecule has 0 fully saturated rings. The van der Waals surface area contributed by atoms with E-state index in [-0.39, 0.29) is 27.4 Å². The molecule has 1 heterocycles. The highest BCUT2D eigenvalue weighted by molar-refractivity contribution is 8.01. The molecule has 0 aliphatic carbocycles. The fraction of sp³-hybridized carbons (Fsp3) is 0.235. The van der Waals surface area contributed by atoms with Crippen LogP contribution in [0.3, 0.4) is 0 Å². The van der Waals surface area contributed by atoms with Crippen molar-refractivity contribution in [2.75, 3.05) is 32.8 Å². The highest BCUT2D eigenvalue weighted by Crippen LogP contribution is 2.42. The average Bonchev–Trinajstić information content (AvgIpc) is 2.99. The summed E-state index contributed by atoms with van der Waals surface area (Å²) in [6.07, 6.45) is 0. The van der Waals surface area contributed by atoms with Gasteiger partial charge in [-0.2, -0.15) is 5.26 Å². The normalized spacial score (nSPS) is 10.1. The van der Waals surface area contributed by atoms with Crippen LogP contribution in [0.4, 0.5) is 5.69 Å². The van der Waals surface area contributed by atoms with Gasteiger partial charge in [0.15, 0.2) is 11.5 Å². The van der Waals surface area contributed by atoms with Crippen molar-refractivity contribution in [3.63, 3.8) is 0 Å². The Bertz CT molecular complexity index is 908. The van der Waals surface area contributed by atoms with Crippen LogP contribution in [-0.2, 0) is 4.79 Å². The summed E-state index contributed by atoms with van der Waals surface area (Å²) in [6, 6.07) is 4.98. The molecule has 1 aromatic carbocycles. The number of hydrogen-bond acceptors (Lipinski definition) is 9. The molecule has 1 aromatic heterocycles. The molecule has 2 rings (SSSR count). The highest BCUT2D eigenvalue weighted by Gasteiger charge is 2.25. The lowest BCUT2D eigenvalue weighted by molar-refractivity contribution is -0.115. The molecule has 0 aliphatic rings. The zero-order chi connectivity index (χ0) is 20.1. The van der Waals surface area contributed by atoms with Crippen molar-refractivity contribution in [3.05, 3.63) is 28.1 Å². The predicted octanol–water partition coefficient (Wildman–Crippen LogP) is 2.04. The van der Waals surface area contributed by atoms with E-state index < -0.39 is 11.7 Å². The van der Waals surface area contributed by atoms with Crippen LogP contribution in [-0.4, -0.2) is 38.8 Å². The van der Waals surface area contributed by atoms with Gasteiger partial charge in [0.05, 0.1) is 37.0 Å². The second-order valence-electron chi connectivity index (χ2n) is 5.12. The zero-order valence-corrected chi connectivity index (χ0v) is 16.5. The summed E-state index contributed by atoms with van der Waals surface area (Å²) in [4.78, 5) is 24.2. The van der Waals surface area contributed by atoms with Gasteiger partial charge in [0.2, 0.25) is 17.4 Å². The fourth-order valence-electron chi connectivity index (χ4n) is 2.28. The molecule has 8 nitrogen and oxygen atoms in total. The number of ketones is 1. The molecule has 0 bridgehead atoms. The minimum Gasteiger partial charge on any atom is -0.493 e. The SMILES string of the molecule is COc1cc(C(=O)c2sc(SCC(N)=O)c(C#N)c2N)cc(OC)c1OC. The second-order valence-corrected chi connectivity index (χ2v) is 7.38. The Morgan fingerprint density at radius 2 is 1.78 bits per heavy atom. The number of anilines is 1. The van der Waals surface area contributed by atoms with Crippen molar-refractivity contribution in [3.8, 4) is 23.3 Å². The number of hydrogen-bond donors (Lipinski definition) is 2. The van der Waals surface area contributed by atoms with E-state index >= 15 is 0 Å². The number of benzene rings is 1. The highest BCUT2D eigenvalue weighted by atomic mass is 32.2. The Kier molecular flexibility index (Phi) is 6.55. The summed E-state index contributed by atoms with van der Waals surface area (Å²) < 4.78 is 16.2. The summed E-state index contributed by atoms with van der Waals surface area (Å²) in [7, 11) is 4.34. The molecule has 2 aromatic rings. The van der Waals surface area contributed by atoms with Crippen molar-refractivity contribution in [1.29, 1.82) is 5.26 Å². The van der Waals surface area contributed by atoms with Crippen LogP contribution in [0.25, 0.3) is 0 Å². The van der Waals surface area contributed by atoms with Crippen molar-refractivity contribution in [2.24, 2.45) is 5.73 Å². The number of carbonyl (C=O) groups excluding carboxylic acids is 2. The maximum Gasteiger partial charge on any atom is 0.227 e. The molecule has 10 heteroatoms. The van der Waals surface area contributed by atoms with Crippen LogP contribution >= 0.6 is 23.1 Å². The predicted molar refractivity (Wildman–Crippen MR) is 103 cm³/mol. The number of amides is 1. The van der Waals surface area contributed by atoms with E-state index in [0.29, 0.717) is 21.5 Å². The van der Waals surface area contributed by atoms with Gasteiger partial charge in [0, 0.05) is 5.56 Å². The molecular weight excluding hydrogens is 390 g/mol. The third kappa shape index (κ3) is 4.10. The van der Waals surface area contributed by atoms with Crippen LogP contribution in [0, 0.1) is 11.3 Å². The number of nitrogens with zero attached hydrogens (tertiary/aromatic N) is 1. The van der Waals surface area contributed by atoms with Gasteiger partial charge in [-0.15, -0.1) is 23.1 Å². The van der Waals surface area contributed by atoms with Crippen molar-refractivity contribution < 1.29 is 23.8 Å². The van der Waals surface area contributed by atoms with Crippen LogP contribution in [0.5, 0.6) is 17.2 Å². The van der Waals surface area contributed by atoms with E-state index in [2.05, 4.69) is 0 Å². The third-order valence-corrected chi connectivity index (χ3v) is 6.00. The first-order valence-corrected chi connectivity index (χ1v) is 9.26. The molecule has 0 saturated heterocycles. The van der Waals surface area contributed by atoms with E-state index in [1.54, 1.807) is 0 Å². The molecule has 0 radical (unpaired) electrons. The number of rotatable bonds is 8. The lowest BCUT2D eigenvalue weighted by Crippen LogP contribution is -2.12. The van der Waals surface area contributed by atoms with Gasteiger partial charge in [-0.1, -0.05) is 0 Å². The second kappa shape index (κ2) is 8.66. The first kappa shape index (κ1) is 20.4. The number of thioether (sulfide) groups is 1. The zero-order valence-electron chi connectivity index (χ0n) is 14.8. The van der Waals surface area contributed by atoms with E-state index in [9.17, 15) is 14.9 Å². The van der Waals surface area contributed by atoms with Gasteiger partial charge in [0.25, 0.3) is 0 Å². The van der Waals surface area contributed by atoms with Gasteiger partial charge in [-0.25, -0.2) is 0 Å². The van der Waals surface area contributed by atoms with E-state index in [4.69, 9.17) is 25.7 Å². The van der Waals surface area contributed by atoms with Crippen LogP contribution in [0.15, 0.2) is 16.3 Å². The molecule has 27 heavy (non-hydrogen) atoms. The molecule has 142 valence electrons. The van der Waals surface area contributed by atoms with Crippen molar-refractivity contribution >= 4 is 40.5 Å². The van der Waals surface area contributed by atoms with E-state index in [0.717, 1.165) is 23.1 Å². The molecule has 0 saturated carbocycles. The molecule has 4 N–H and O–H groups in total. The third-order valence-electron chi connectivity index (χ3n) is 3.50. The first-order chi connectivity index (χ1) is 12.9. The Labute approximate surface area is 164 Å². The minimum absolute atomic E-state index is 0.0214. The number of thiophene rings is 1. The number of nitrogens with two attached hydrogens (primary N) is 2. The van der Waals surface area contributed by atoms with Gasteiger partial charge in [-0.05, 0) is 12.1 Å². The smallest absolute Gasteiger partial charge is 0.227 e. The Morgan fingerprint density at radius 3 is 2.22 bits per heavy atom. The summed E-state index contributed by atoms with van der Waals surface area (Å²) in [6.45, 7) is 0. The number of nitriles is 1. The lowest BCUT2D eigenvalue weighted by Gasteiger charge is -2.13. The number of primary amides is 1. The van der Waals surface area contributed by atoms with Crippen LogP contribution < -0.4 is 25.7 Å². The largest absolute Gasteiger partial charge is 0.493 e. The molecule has 1 amide bonds. The number of carbonyl (C=O) groups is 2. The summed E-state index contributed by atoms with van der Waals surface area (Å²) >= 11 is 2.11. The first-order valence-electron chi connectivity index (χ1n) is 7.46. The minimum atomic E-state index is -0.534. The summed E-state index contributed by atoms with van der Waals surface area (Å²) in [5.74, 6) is 0.0314. The molecule has 0 atom stereocenters. The number of methoxy groups -OCH3 is 3. The number of ether oxygens (including phenoxy) is 3. The van der Waals surface area contributed by atoms with Crippen molar-refractivity contribution in [2.45, 2.75) is 4.21 Å². The fourth-order valence-corrected chi connectivity index (χ4v) is 4.38. The maximum absolute atomic E-state index is 13.0. The Morgan fingerprint density at radius 1 is 1.19 bits per heavy atom. The van der Waals surface area contributed by atoms with Gasteiger partial charge in [-0.3, -0.25) is 9.59 Å². The molecule has 0 aliphatic heterocycles. The molecular formula is C17H17N3O5S2. The standard InChI is InChI=1S/C17H17N3O5S2/c1-23-10-4-8(5-11(24-2)15(10)25-3)14(22)16-13(20)9(6-18)17(27-16)26-7-12(19)21/h4-5H,7,20H2,1-3H3,(H2,19,21). The topological polar surface area (TPSA) is 138 Å². The van der Waals surface area contributed by atoms with E-state index in [1.807, 2.05) is 6.07 Å². The van der Waals surface area contributed by atoms with Gasteiger partial charge >= 0.3 is 0 Å². The Hall–Kier alpha value is -2.90. The lowest BCUT2D eigenvalue weighted by atomic mass is 10.1. The molecule has 0 spiro atoms. The van der Waals surface area contributed by atoms with E-state index in [1.165, 1.54) is 33.5 Å². The number of nitrogen functional groups attached to an aromatic ring is 1. The maximum atomic E-state index is 13.0. The van der Waals surface area contributed by atoms with Gasteiger partial charge in [0.1, 0.15) is 16.5 Å². The average molecular weight is 407 g/mol. The molecule has 0 unspecified atom stereocenters. The quantitative estimate of drug-likeness (QED) is 0.501. The monoisotopic (exact) mass is 407 g/mol. The van der Waals surface area contributed by atoms with Crippen LogP contribution in [0.2, 0.25) is 0 Å². The Balaban J connectivity index is 2.52. The summed E-state index contributed by atoms with van der Waals surface area (Å²) in [5, 5.41) is 9.34. The van der Waals surface area contributed by atoms with Crippen molar-refractivity contribution in [1.82, 2.24) is 0 Å². The van der Waals surface area contributed by atoms with Gasteiger partial charge < -0.3 is 25.7 Å².